The van der Waals surface area contributed by atoms with E-state index in [1.54, 1.807) is 0 Å². The first-order chi connectivity index (χ1) is 9.99. The van der Waals surface area contributed by atoms with Gasteiger partial charge in [0.15, 0.2) is 0 Å². The molecule has 6 heteroatoms. The lowest BCUT2D eigenvalue weighted by Crippen LogP contribution is -2.12. The number of ether oxygens (including phenoxy) is 2. The third-order valence-corrected chi connectivity index (χ3v) is 2.40. The average Bonchev–Trinajstić information content (AvgIpc) is 2.49. The van der Waals surface area contributed by atoms with Gasteiger partial charge in [0.25, 0.3) is 0 Å². The Morgan fingerprint density at radius 1 is 1.00 bits per heavy atom. The highest BCUT2D eigenvalue weighted by molar-refractivity contribution is 6.01. The maximum atomic E-state index is 11.1. The molecule has 6 nitrogen and oxygen atoms in total. The third-order valence-electron chi connectivity index (χ3n) is 2.40. The van der Waals surface area contributed by atoms with Crippen molar-refractivity contribution in [2.24, 2.45) is 0 Å². The molecular weight excluding hydrogens is 272 g/mol. The Hall–Kier alpha value is -2.89. The molecule has 0 heterocycles. The lowest BCUT2D eigenvalue weighted by atomic mass is 10.1. The molecule has 0 atom stereocenters. The van der Waals surface area contributed by atoms with Gasteiger partial charge in [-0.15, -0.1) is 0 Å². The molecule has 0 unspecified atom stereocenters. The zero-order valence-electron chi connectivity index (χ0n) is 11.4. The van der Waals surface area contributed by atoms with Crippen LogP contribution in [0.5, 0.6) is 0 Å². The molecule has 21 heavy (non-hydrogen) atoms. The van der Waals surface area contributed by atoms with Gasteiger partial charge in [-0.05, 0) is 18.2 Å². The van der Waals surface area contributed by atoms with Crippen LogP contribution in [0.1, 0.15) is 21.5 Å². The van der Waals surface area contributed by atoms with E-state index in [0.717, 1.165) is 0 Å². The Kier molecular flexibility index (Phi) is 5.88. The summed E-state index contributed by atoms with van der Waals surface area (Å²) in [7, 11) is 0. The first-order valence-corrected chi connectivity index (χ1v) is 6.03. The molecule has 1 aromatic rings. The summed E-state index contributed by atoms with van der Waals surface area (Å²) in [5, 5.41) is 24.6. The summed E-state index contributed by atoms with van der Waals surface area (Å²) >= 11 is 0. The molecule has 0 aliphatic heterocycles. The van der Waals surface area contributed by atoms with Crippen LogP contribution in [0.3, 0.4) is 0 Å². The number of hydrogen-bond acceptors (Lipinski definition) is 5. The molecular formula is C15H16N2O4. The van der Waals surface area contributed by atoms with E-state index in [9.17, 15) is 4.79 Å². The van der Waals surface area contributed by atoms with Gasteiger partial charge >= 0.3 is 5.97 Å². The molecule has 110 valence electrons. The quantitative estimate of drug-likeness (QED) is 0.407. The van der Waals surface area contributed by atoms with Gasteiger partial charge in [0.05, 0.1) is 5.56 Å². The molecule has 0 saturated carbocycles. The summed E-state index contributed by atoms with van der Waals surface area (Å²) in [6, 6.07) is 4.07. The standard InChI is InChI=1S/C15H16N2O4/c1-3-5-20-13(16)10-7-11(14(17)21-6-4-2)9-12(8-10)15(18)19/h3-4,7-9,16-17H,1-2,5-6H2,(H,18,19). The summed E-state index contributed by atoms with van der Waals surface area (Å²) in [6.07, 6.45) is 2.96. The molecule has 0 amide bonds. The van der Waals surface area contributed by atoms with Crippen molar-refractivity contribution in [2.75, 3.05) is 13.2 Å². The molecule has 1 rings (SSSR count). The van der Waals surface area contributed by atoms with Crippen LogP contribution in [0.2, 0.25) is 0 Å². The van der Waals surface area contributed by atoms with E-state index >= 15 is 0 Å². The number of nitrogens with one attached hydrogen (secondary N) is 2. The van der Waals surface area contributed by atoms with Crippen molar-refractivity contribution in [1.29, 1.82) is 10.8 Å². The van der Waals surface area contributed by atoms with E-state index in [0.29, 0.717) is 0 Å². The molecule has 0 fully saturated rings. The second-order valence-electron chi connectivity index (χ2n) is 3.96. The maximum absolute atomic E-state index is 11.1. The molecule has 0 aliphatic rings. The minimum Gasteiger partial charge on any atom is -0.478 e. The van der Waals surface area contributed by atoms with E-state index in [1.807, 2.05) is 0 Å². The van der Waals surface area contributed by atoms with Gasteiger partial charge < -0.3 is 14.6 Å². The van der Waals surface area contributed by atoms with Gasteiger partial charge in [0, 0.05) is 11.1 Å². The summed E-state index contributed by atoms with van der Waals surface area (Å²) < 4.78 is 10.1. The maximum Gasteiger partial charge on any atom is 0.335 e. The van der Waals surface area contributed by atoms with Gasteiger partial charge in [-0.2, -0.15) is 0 Å². The van der Waals surface area contributed by atoms with Crippen molar-refractivity contribution < 1.29 is 19.4 Å². The monoisotopic (exact) mass is 288 g/mol. The van der Waals surface area contributed by atoms with Crippen molar-refractivity contribution in [3.05, 3.63) is 60.2 Å². The van der Waals surface area contributed by atoms with E-state index in [2.05, 4.69) is 13.2 Å². The van der Waals surface area contributed by atoms with Gasteiger partial charge in [-0.25, -0.2) is 4.79 Å². The minimum atomic E-state index is -1.16. The number of carboxylic acids is 1. The fourth-order valence-corrected chi connectivity index (χ4v) is 1.46. The number of benzene rings is 1. The van der Waals surface area contributed by atoms with Gasteiger partial charge in [-0.3, -0.25) is 10.8 Å². The lowest BCUT2D eigenvalue weighted by Gasteiger charge is -2.10. The van der Waals surface area contributed by atoms with E-state index in [1.165, 1.54) is 30.4 Å². The van der Waals surface area contributed by atoms with E-state index in [4.69, 9.17) is 25.4 Å². The largest absolute Gasteiger partial charge is 0.478 e. The average molecular weight is 288 g/mol. The second kappa shape index (κ2) is 7.64. The van der Waals surface area contributed by atoms with Crippen molar-refractivity contribution in [2.45, 2.75) is 0 Å². The fraction of sp³-hybridized carbons (Fsp3) is 0.133. The molecule has 0 aliphatic carbocycles. The van der Waals surface area contributed by atoms with Gasteiger partial charge in [0.1, 0.15) is 13.2 Å². The first kappa shape index (κ1) is 16.2. The second-order valence-corrected chi connectivity index (χ2v) is 3.96. The van der Waals surface area contributed by atoms with Crippen molar-refractivity contribution >= 4 is 17.8 Å². The summed E-state index contributed by atoms with van der Waals surface area (Å²) in [6.45, 7) is 7.21. The normalized spacial score (nSPS) is 9.52. The van der Waals surface area contributed by atoms with Crippen LogP contribution in [0.25, 0.3) is 0 Å². The van der Waals surface area contributed by atoms with Crippen molar-refractivity contribution in [1.82, 2.24) is 0 Å². The molecule has 0 bridgehead atoms. The topological polar surface area (TPSA) is 103 Å². The predicted molar refractivity (Wildman–Crippen MR) is 79.4 cm³/mol. The zero-order valence-corrected chi connectivity index (χ0v) is 11.4. The lowest BCUT2D eigenvalue weighted by molar-refractivity contribution is 0.0697. The molecule has 0 spiro atoms. The highest BCUT2D eigenvalue weighted by Gasteiger charge is 2.14. The van der Waals surface area contributed by atoms with Crippen LogP contribution in [-0.4, -0.2) is 36.1 Å². The Morgan fingerprint density at radius 2 is 1.38 bits per heavy atom. The summed E-state index contributed by atoms with van der Waals surface area (Å²) in [4.78, 5) is 11.1. The molecule has 0 saturated heterocycles. The number of aromatic carboxylic acids is 1. The highest BCUT2D eigenvalue weighted by atomic mass is 16.5. The SMILES string of the molecule is C=CCOC(=N)c1cc(C(=N)OCC=C)cc(C(=O)O)c1. The van der Waals surface area contributed by atoms with Gasteiger partial charge in [-0.1, -0.05) is 25.3 Å². The highest BCUT2D eigenvalue weighted by Crippen LogP contribution is 2.13. The number of rotatable bonds is 7. The molecule has 0 radical (unpaired) electrons. The zero-order chi connectivity index (χ0) is 15.8. The summed E-state index contributed by atoms with van der Waals surface area (Å²) in [5.41, 5.74) is 0.443. The van der Waals surface area contributed by atoms with E-state index in [-0.39, 0.29) is 41.7 Å². The Labute approximate surface area is 122 Å². The number of carbonyl (C=O) groups is 1. The predicted octanol–water partition coefficient (Wildman–Crippen LogP) is 2.44. The van der Waals surface area contributed by atoms with Crippen LogP contribution in [0, 0.1) is 10.8 Å². The van der Waals surface area contributed by atoms with Gasteiger partial charge in [0.2, 0.25) is 11.8 Å². The molecule has 3 N–H and O–H groups in total. The van der Waals surface area contributed by atoms with Crippen LogP contribution in [-0.2, 0) is 9.47 Å². The number of carboxylic acid groups (broad SMARTS) is 1. The molecule has 1 aromatic carbocycles. The Morgan fingerprint density at radius 3 is 1.71 bits per heavy atom. The van der Waals surface area contributed by atoms with Crippen LogP contribution < -0.4 is 0 Å². The first-order valence-electron chi connectivity index (χ1n) is 6.03. The molecule has 0 aromatic heterocycles. The van der Waals surface area contributed by atoms with Crippen LogP contribution in [0.4, 0.5) is 0 Å². The smallest absolute Gasteiger partial charge is 0.335 e. The van der Waals surface area contributed by atoms with Crippen LogP contribution >= 0.6 is 0 Å². The van der Waals surface area contributed by atoms with Crippen molar-refractivity contribution in [3.8, 4) is 0 Å². The Balaban J connectivity index is 3.13. The minimum absolute atomic E-state index is 0.0543. The third kappa shape index (κ3) is 4.61. The van der Waals surface area contributed by atoms with E-state index < -0.39 is 5.97 Å². The van der Waals surface area contributed by atoms with Crippen LogP contribution in [0.15, 0.2) is 43.5 Å². The van der Waals surface area contributed by atoms with Crippen molar-refractivity contribution in [3.63, 3.8) is 0 Å². The Bertz CT molecular complexity index is 551. The number of hydrogen-bond donors (Lipinski definition) is 3. The fourth-order valence-electron chi connectivity index (χ4n) is 1.46. The summed E-state index contributed by atoms with van der Waals surface area (Å²) in [5.74, 6) is -1.56.